The highest BCUT2D eigenvalue weighted by Gasteiger charge is 2.34. The van der Waals surface area contributed by atoms with Gasteiger partial charge in [-0.15, -0.1) is 0 Å². The summed E-state index contributed by atoms with van der Waals surface area (Å²) in [4.78, 5) is 21.6. The van der Waals surface area contributed by atoms with Gasteiger partial charge in [-0.1, -0.05) is 24.3 Å². The van der Waals surface area contributed by atoms with Crippen molar-refractivity contribution >= 4 is 16.8 Å². The van der Waals surface area contributed by atoms with Crippen LogP contribution >= 0.6 is 0 Å². The Morgan fingerprint density at radius 1 is 1.15 bits per heavy atom. The third-order valence-electron chi connectivity index (χ3n) is 7.28. The normalized spacial score (nSPS) is 19.1. The number of piperidine rings is 1. The van der Waals surface area contributed by atoms with Crippen molar-refractivity contribution in [1.82, 2.24) is 14.8 Å². The van der Waals surface area contributed by atoms with Crippen LogP contribution in [0.2, 0.25) is 0 Å². The number of para-hydroxylation sites is 1. The Bertz CT molecular complexity index is 1150. The molecular formula is C28H35N3O2. The smallest absolute Gasteiger partial charge is 0.256 e. The number of carbonyl (C=O) groups excluding carboxylic acids is 1. The van der Waals surface area contributed by atoms with Gasteiger partial charge in [0.1, 0.15) is 5.75 Å². The SMILES string of the molecule is Cc1[nH]c2c(C(=O)N(Cc3cccc(OC[C@@H]4CCCN(C)C4)c3)C3CC3)cccc2c1C. The Morgan fingerprint density at radius 3 is 2.76 bits per heavy atom. The van der Waals surface area contributed by atoms with E-state index in [-0.39, 0.29) is 5.91 Å². The summed E-state index contributed by atoms with van der Waals surface area (Å²) in [6.07, 6.45) is 4.64. The highest BCUT2D eigenvalue weighted by molar-refractivity contribution is 6.06. The van der Waals surface area contributed by atoms with E-state index in [0.717, 1.165) is 59.5 Å². The molecule has 3 aromatic rings. The lowest BCUT2D eigenvalue weighted by atomic mass is 9.99. The van der Waals surface area contributed by atoms with Crippen molar-refractivity contribution in [1.29, 1.82) is 0 Å². The van der Waals surface area contributed by atoms with Crippen molar-refractivity contribution in [3.05, 3.63) is 64.8 Å². The highest BCUT2D eigenvalue weighted by Crippen LogP contribution is 2.32. The number of nitrogens with zero attached hydrogens (tertiary/aromatic N) is 2. The predicted molar refractivity (Wildman–Crippen MR) is 133 cm³/mol. The molecule has 1 saturated carbocycles. The Morgan fingerprint density at radius 2 is 1.97 bits per heavy atom. The van der Waals surface area contributed by atoms with Crippen LogP contribution in [0.1, 0.15) is 52.9 Å². The Kier molecular flexibility index (Phi) is 6.15. The summed E-state index contributed by atoms with van der Waals surface area (Å²) in [5.74, 6) is 1.60. The molecule has 0 radical (unpaired) electrons. The molecule has 1 aromatic heterocycles. The van der Waals surface area contributed by atoms with Crippen LogP contribution in [0.15, 0.2) is 42.5 Å². The van der Waals surface area contributed by atoms with Crippen LogP contribution in [0.25, 0.3) is 10.9 Å². The first-order valence-electron chi connectivity index (χ1n) is 12.3. The van der Waals surface area contributed by atoms with Gasteiger partial charge in [-0.3, -0.25) is 4.79 Å². The number of benzene rings is 2. The fourth-order valence-electron chi connectivity index (χ4n) is 5.12. The van der Waals surface area contributed by atoms with E-state index in [1.165, 1.54) is 24.9 Å². The maximum Gasteiger partial charge on any atom is 0.256 e. The largest absolute Gasteiger partial charge is 0.493 e. The molecule has 0 unspecified atom stereocenters. The van der Waals surface area contributed by atoms with Crippen LogP contribution in [0.4, 0.5) is 0 Å². The van der Waals surface area contributed by atoms with Crippen LogP contribution in [0, 0.1) is 19.8 Å². The first kappa shape index (κ1) is 22.0. The molecule has 2 fully saturated rings. The maximum atomic E-state index is 13.7. The Labute approximate surface area is 196 Å². The summed E-state index contributed by atoms with van der Waals surface area (Å²) in [5.41, 5.74) is 5.19. The number of H-pyrrole nitrogens is 1. The minimum absolute atomic E-state index is 0.112. The summed E-state index contributed by atoms with van der Waals surface area (Å²) < 4.78 is 6.18. The van der Waals surface area contributed by atoms with Gasteiger partial charge in [0.05, 0.1) is 17.7 Å². The van der Waals surface area contributed by atoms with E-state index in [2.05, 4.69) is 53.9 Å². The summed E-state index contributed by atoms with van der Waals surface area (Å²) in [6, 6.07) is 14.7. The molecule has 0 spiro atoms. The fourth-order valence-corrected chi connectivity index (χ4v) is 5.12. The van der Waals surface area contributed by atoms with Gasteiger partial charge in [0.2, 0.25) is 0 Å². The molecule has 5 nitrogen and oxygen atoms in total. The topological polar surface area (TPSA) is 48.6 Å². The van der Waals surface area contributed by atoms with Crippen LogP contribution < -0.4 is 4.74 Å². The number of aromatic nitrogens is 1. The molecular weight excluding hydrogens is 410 g/mol. The summed E-state index contributed by atoms with van der Waals surface area (Å²) in [5, 5.41) is 1.14. The maximum absolute atomic E-state index is 13.7. The number of fused-ring (bicyclic) bond motifs is 1. The van der Waals surface area contributed by atoms with Gasteiger partial charge in [-0.05, 0) is 82.4 Å². The molecule has 5 heteroatoms. The van der Waals surface area contributed by atoms with E-state index in [9.17, 15) is 4.79 Å². The second-order valence-electron chi connectivity index (χ2n) is 10.00. The van der Waals surface area contributed by atoms with E-state index in [0.29, 0.717) is 18.5 Å². The van der Waals surface area contributed by atoms with Crippen molar-refractivity contribution in [2.24, 2.45) is 5.92 Å². The van der Waals surface area contributed by atoms with Gasteiger partial charge >= 0.3 is 0 Å². The van der Waals surface area contributed by atoms with E-state index < -0.39 is 0 Å². The van der Waals surface area contributed by atoms with Crippen LogP contribution in [0.5, 0.6) is 5.75 Å². The number of aryl methyl sites for hydroxylation is 2. The van der Waals surface area contributed by atoms with Crippen molar-refractivity contribution in [3.8, 4) is 5.75 Å². The molecule has 33 heavy (non-hydrogen) atoms. The first-order chi connectivity index (χ1) is 16.0. The monoisotopic (exact) mass is 445 g/mol. The number of rotatable bonds is 7. The van der Waals surface area contributed by atoms with E-state index >= 15 is 0 Å². The standard InChI is InChI=1S/C28H35N3O2/c1-19-20(2)29-27-25(19)10-5-11-26(27)28(32)31(23-12-13-23)17-21-7-4-9-24(15-21)33-18-22-8-6-14-30(3)16-22/h4-5,7,9-11,15,22-23,29H,6,8,12-14,16-18H2,1-3H3/t22-/m1/s1. The molecule has 2 aromatic carbocycles. The lowest BCUT2D eigenvalue weighted by Gasteiger charge is -2.29. The zero-order valence-corrected chi connectivity index (χ0v) is 20.1. The average molecular weight is 446 g/mol. The molecule has 0 bridgehead atoms. The molecule has 1 aliphatic heterocycles. The molecule has 1 aliphatic carbocycles. The quantitative estimate of drug-likeness (QED) is 0.536. The Hall–Kier alpha value is -2.79. The second-order valence-corrected chi connectivity index (χ2v) is 10.00. The lowest BCUT2D eigenvalue weighted by molar-refractivity contribution is 0.0731. The molecule has 1 saturated heterocycles. The van der Waals surface area contributed by atoms with Crippen LogP contribution in [0.3, 0.4) is 0 Å². The fraction of sp³-hybridized carbons (Fsp3) is 0.464. The number of carbonyl (C=O) groups is 1. The molecule has 1 N–H and O–H groups in total. The minimum atomic E-state index is 0.112. The van der Waals surface area contributed by atoms with E-state index in [4.69, 9.17) is 4.74 Å². The van der Waals surface area contributed by atoms with Crippen molar-refractivity contribution in [3.63, 3.8) is 0 Å². The zero-order valence-electron chi connectivity index (χ0n) is 20.1. The number of hydrogen-bond acceptors (Lipinski definition) is 3. The number of hydrogen-bond donors (Lipinski definition) is 1. The van der Waals surface area contributed by atoms with E-state index in [1.54, 1.807) is 0 Å². The average Bonchev–Trinajstić information content (AvgIpc) is 3.62. The molecule has 2 aliphatic rings. The van der Waals surface area contributed by atoms with E-state index in [1.807, 2.05) is 24.3 Å². The van der Waals surface area contributed by atoms with Gasteiger partial charge in [0.15, 0.2) is 0 Å². The van der Waals surface area contributed by atoms with Gasteiger partial charge in [-0.2, -0.15) is 0 Å². The lowest BCUT2D eigenvalue weighted by Crippen LogP contribution is -2.34. The minimum Gasteiger partial charge on any atom is -0.493 e. The molecule has 5 rings (SSSR count). The van der Waals surface area contributed by atoms with Crippen molar-refractivity contribution in [2.45, 2.75) is 52.1 Å². The van der Waals surface area contributed by atoms with Gasteiger partial charge in [0.25, 0.3) is 5.91 Å². The number of amides is 1. The van der Waals surface area contributed by atoms with Crippen LogP contribution in [-0.2, 0) is 6.54 Å². The number of ether oxygens (including phenoxy) is 1. The molecule has 2 heterocycles. The van der Waals surface area contributed by atoms with Gasteiger partial charge in [-0.25, -0.2) is 0 Å². The van der Waals surface area contributed by atoms with Crippen LogP contribution in [-0.4, -0.2) is 53.5 Å². The molecule has 1 atom stereocenters. The summed E-state index contributed by atoms with van der Waals surface area (Å²) in [7, 11) is 2.19. The first-order valence-corrected chi connectivity index (χ1v) is 12.3. The van der Waals surface area contributed by atoms with Gasteiger partial charge < -0.3 is 19.5 Å². The van der Waals surface area contributed by atoms with Gasteiger partial charge in [0, 0.05) is 36.1 Å². The van der Waals surface area contributed by atoms with Crippen molar-refractivity contribution in [2.75, 3.05) is 26.7 Å². The summed E-state index contributed by atoms with van der Waals surface area (Å²) >= 11 is 0. The third-order valence-corrected chi connectivity index (χ3v) is 7.28. The Balaban J connectivity index is 1.32. The second kappa shape index (κ2) is 9.22. The van der Waals surface area contributed by atoms with Crippen molar-refractivity contribution < 1.29 is 9.53 Å². The highest BCUT2D eigenvalue weighted by atomic mass is 16.5. The number of aromatic amines is 1. The zero-order chi connectivity index (χ0) is 22.9. The summed E-state index contributed by atoms with van der Waals surface area (Å²) in [6.45, 7) is 7.84. The number of nitrogens with one attached hydrogen (secondary N) is 1. The molecule has 1 amide bonds. The third kappa shape index (κ3) is 4.79. The predicted octanol–water partition coefficient (Wildman–Crippen LogP) is 5.31. The molecule has 174 valence electrons. The number of likely N-dealkylation sites (tertiary alicyclic amines) is 1.